The first-order valence-corrected chi connectivity index (χ1v) is 10.3. The fourth-order valence-electron chi connectivity index (χ4n) is 4.07. The maximum atomic E-state index is 13.3. The number of anilines is 2. The van der Waals surface area contributed by atoms with Crippen LogP contribution in [0.2, 0.25) is 0 Å². The summed E-state index contributed by atoms with van der Waals surface area (Å²) in [6, 6.07) is 18.9. The van der Waals surface area contributed by atoms with Gasteiger partial charge in [0.15, 0.2) is 0 Å². The molecule has 5 nitrogen and oxygen atoms in total. The number of nitrogens with zero attached hydrogens (tertiary/aromatic N) is 1. The number of aromatic nitrogens is 1. The highest BCUT2D eigenvalue weighted by Crippen LogP contribution is 2.33. The molecule has 2 amide bonds. The van der Waals surface area contributed by atoms with E-state index in [0.717, 1.165) is 23.1 Å². The van der Waals surface area contributed by atoms with E-state index >= 15 is 0 Å². The molecule has 0 fully saturated rings. The fraction of sp³-hybridized carbons (Fsp3) is 0.120. The van der Waals surface area contributed by atoms with E-state index in [9.17, 15) is 22.8 Å². The van der Waals surface area contributed by atoms with Gasteiger partial charge in [-0.1, -0.05) is 30.3 Å². The Labute approximate surface area is 186 Å². The smallest absolute Gasteiger partial charge is 0.326 e. The topological polar surface area (TPSA) is 63.1 Å². The van der Waals surface area contributed by atoms with Crippen LogP contribution < -0.4 is 10.6 Å². The number of alkyl halides is 3. The van der Waals surface area contributed by atoms with Crippen molar-refractivity contribution in [2.24, 2.45) is 0 Å². The van der Waals surface area contributed by atoms with Crippen molar-refractivity contribution < 1.29 is 22.8 Å². The summed E-state index contributed by atoms with van der Waals surface area (Å²) in [6.07, 6.45) is -3.47. The second-order valence-corrected chi connectivity index (χ2v) is 7.85. The zero-order valence-electron chi connectivity index (χ0n) is 17.2. The van der Waals surface area contributed by atoms with Gasteiger partial charge in [0.05, 0.1) is 11.1 Å². The number of hydrogen-bond donors (Lipinski definition) is 2. The van der Waals surface area contributed by atoms with Crippen LogP contribution in [0.3, 0.4) is 0 Å². The number of amides is 2. The zero-order valence-corrected chi connectivity index (χ0v) is 17.2. The molecule has 1 aliphatic heterocycles. The molecule has 1 aromatic heterocycles. The number of para-hydroxylation sites is 1. The van der Waals surface area contributed by atoms with Gasteiger partial charge in [0, 0.05) is 28.9 Å². The highest BCUT2D eigenvalue weighted by molar-refractivity contribution is 6.07. The van der Waals surface area contributed by atoms with Crippen LogP contribution in [0.15, 0.2) is 72.8 Å². The van der Waals surface area contributed by atoms with Crippen molar-refractivity contribution in [1.29, 1.82) is 0 Å². The summed E-state index contributed by atoms with van der Waals surface area (Å²) in [5.74, 6) is -0.568. The molecule has 0 aliphatic carbocycles. The van der Waals surface area contributed by atoms with Gasteiger partial charge in [-0.25, -0.2) is 0 Å². The number of halogens is 3. The SMILES string of the molecule is O=C1CCc2ccc(NC(=O)c3cc4ccccc4n3-c3cccc(C(F)(F)F)c3)cc2N1. The van der Waals surface area contributed by atoms with E-state index in [0.29, 0.717) is 29.7 Å². The van der Waals surface area contributed by atoms with Crippen LogP contribution >= 0.6 is 0 Å². The lowest BCUT2D eigenvalue weighted by atomic mass is 10.0. The van der Waals surface area contributed by atoms with Crippen LogP contribution in [-0.2, 0) is 17.4 Å². The quantitative estimate of drug-likeness (QED) is 0.416. The second-order valence-electron chi connectivity index (χ2n) is 7.85. The molecule has 0 bridgehead atoms. The number of benzene rings is 3. The summed E-state index contributed by atoms with van der Waals surface area (Å²) in [4.78, 5) is 24.9. The van der Waals surface area contributed by atoms with Gasteiger partial charge < -0.3 is 15.2 Å². The van der Waals surface area contributed by atoms with E-state index in [2.05, 4.69) is 10.6 Å². The summed E-state index contributed by atoms with van der Waals surface area (Å²) in [6.45, 7) is 0. The first-order chi connectivity index (χ1) is 15.8. The molecular formula is C25H18F3N3O2. The van der Waals surface area contributed by atoms with Crippen molar-refractivity contribution in [1.82, 2.24) is 4.57 Å². The third-order valence-electron chi connectivity index (χ3n) is 5.64. The maximum Gasteiger partial charge on any atom is 0.416 e. The first kappa shape index (κ1) is 20.8. The molecule has 0 saturated heterocycles. The molecule has 2 N–H and O–H groups in total. The Bertz CT molecular complexity index is 1410. The van der Waals surface area contributed by atoms with Crippen molar-refractivity contribution in [2.45, 2.75) is 19.0 Å². The van der Waals surface area contributed by atoms with Crippen molar-refractivity contribution in [2.75, 3.05) is 10.6 Å². The van der Waals surface area contributed by atoms with Crippen molar-refractivity contribution >= 4 is 34.1 Å². The minimum atomic E-state index is -4.51. The maximum absolute atomic E-state index is 13.3. The van der Waals surface area contributed by atoms with Crippen LogP contribution in [-0.4, -0.2) is 16.4 Å². The van der Waals surface area contributed by atoms with E-state index in [1.807, 2.05) is 6.07 Å². The van der Waals surface area contributed by atoms with Crippen molar-refractivity contribution in [3.63, 3.8) is 0 Å². The van der Waals surface area contributed by atoms with Crippen molar-refractivity contribution in [3.8, 4) is 5.69 Å². The van der Waals surface area contributed by atoms with Crippen LogP contribution in [0.1, 0.15) is 28.0 Å². The summed E-state index contributed by atoms with van der Waals surface area (Å²) in [5, 5.41) is 6.32. The molecule has 1 aliphatic rings. The highest BCUT2D eigenvalue weighted by atomic mass is 19.4. The predicted molar refractivity (Wildman–Crippen MR) is 120 cm³/mol. The van der Waals surface area contributed by atoms with Gasteiger partial charge in [0.2, 0.25) is 5.91 Å². The summed E-state index contributed by atoms with van der Waals surface area (Å²) < 4.78 is 41.5. The molecule has 3 aromatic carbocycles. The van der Waals surface area contributed by atoms with E-state index in [1.165, 1.54) is 16.7 Å². The van der Waals surface area contributed by atoms with E-state index < -0.39 is 17.6 Å². The molecule has 2 heterocycles. The van der Waals surface area contributed by atoms with Gasteiger partial charge in [-0.15, -0.1) is 0 Å². The van der Waals surface area contributed by atoms with Crippen LogP contribution in [0.25, 0.3) is 16.6 Å². The fourth-order valence-corrected chi connectivity index (χ4v) is 4.07. The van der Waals surface area contributed by atoms with E-state index in [4.69, 9.17) is 0 Å². The molecule has 0 atom stereocenters. The Morgan fingerprint density at radius 1 is 0.939 bits per heavy atom. The Morgan fingerprint density at radius 3 is 2.58 bits per heavy atom. The molecule has 0 radical (unpaired) electrons. The number of carbonyl (C=O) groups is 2. The van der Waals surface area contributed by atoms with Gasteiger partial charge in [-0.05, 0) is 54.4 Å². The standard InChI is InChI=1S/C25H18F3N3O2/c26-25(27,28)17-5-3-6-19(13-17)31-21-7-2-1-4-16(21)12-22(31)24(33)29-18-10-8-15-9-11-23(32)30-20(15)14-18/h1-8,10,12-14H,9,11H2,(H,29,33)(H,30,32). The lowest BCUT2D eigenvalue weighted by molar-refractivity contribution is -0.137. The first-order valence-electron chi connectivity index (χ1n) is 10.3. The number of fused-ring (bicyclic) bond motifs is 2. The molecule has 5 rings (SSSR count). The monoisotopic (exact) mass is 449 g/mol. The summed E-state index contributed by atoms with van der Waals surface area (Å²) >= 11 is 0. The molecule has 0 saturated carbocycles. The third-order valence-corrected chi connectivity index (χ3v) is 5.64. The van der Waals surface area contributed by atoms with E-state index in [-0.39, 0.29) is 17.3 Å². The lowest BCUT2D eigenvalue weighted by Gasteiger charge is -2.18. The van der Waals surface area contributed by atoms with E-state index in [1.54, 1.807) is 42.5 Å². The molecular weight excluding hydrogens is 431 g/mol. The number of hydrogen-bond acceptors (Lipinski definition) is 2. The van der Waals surface area contributed by atoms with Gasteiger partial charge in [-0.2, -0.15) is 13.2 Å². The molecule has 33 heavy (non-hydrogen) atoms. The number of nitrogens with one attached hydrogen (secondary N) is 2. The third kappa shape index (κ3) is 3.95. The molecule has 0 unspecified atom stereocenters. The van der Waals surface area contributed by atoms with Gasteiger partial charge in [0.25, 0.3) is 5.91 Å². The highest BCUT2D eigenvalue weighted by Gasteiger charge is 2.31. The Morgan fingerprint density at radius 2 is 1.76 bits per heavy atom. The average molecular weight is 449 g/mol. The largest absolute Gasteiger partial charge is 0.416 e. The molecule has 166 valence electrons. The molecule has 8 heteroatoms. The number of carbonyl (C=O) groups excluding carboxylic acids is 2. The normalized spacial score (nSPS) is 13.5. The Hall–Kier alpha value is -4.07. The minimum absolute atomic E-state index is 0.0874. The number of aryl methyl sites for hydroxylation is 1. The van der Waals surface area contributed by atoms with Crippen molar-refractivity contribution in [3.05, 3.63) is 89.6 Å². The Balaban J connectivity index is 1.56. The van der Waals surface area contributed by atoms with Crippen LogP contribution in [0.4, 0.5) is 24.5 Å². The minimum Gasteiger partial charge on any atom is -0.326 e. The molecule has 4 aromatic rings. The average Bonchev–Trinajstić information content (AvgIpc) is 3.18. The van der Waals surface area contributed by atoms with Gasteiger partial charge in [-0.3, -0.25) is 9.59 Å². The number of rotatable bonds is 3. The summed E-state index contributed by atoms with van der Waals surface area (Å²) in [5.41, 5.74) is 2.33. The van der Waals surface area contributed by atoms with Crippen LogP contribution in [0, 0.1) is 0 Å². The zero-order chi connectivity index (χ0) is 23.2. The summed E-state index contributed by atoms with van der Waals surface area (Å²) in [7, 11) is 0. The molecule has 0 spiro atoms. The lowest BCUT2D eigenvalue weighted by Crippen LogP contribution is -2.20. The van der Waals surface area contributed by atoms with Gasteiger partial charge >= 0.3 is 6.18 Å². The van der Waals surface area contributed by atoms with Crippen LogP contribution in [0.5, 0.6) is 0 Å². The Kier molecular flexibility index (Phi) is 4.92. The van der Waals surface area contributed by atoms with Gasteiger partial charge in [0.1, 0.15) is 5.69 Å². The predicted octanol–water partition coefficient (Wildman–Crippen LogP) is 5.79. The second kappa shape index (κ2) is 7.81.